The van der Waals surface area contributed by atoms with Crippen molar-refractivity contribution in [2.75, 3.05) is 7.05 Å². The maximum atomic E-state index is 11.6. The van der Waals surface area contributed by atoms with Crippen molar-refractivity contribution in [1.82, 2.24) is 10.6 Å². The zero-order chi connectivity index (χ0) is 13.7. The highest BCUT2D eigenvalue weighted by molar-refractivity contribution is 5.81. The average Bonchev–Trinajstić information content (AvgIpc) is 2.98. The predicted octanol–water partition coefficient (Wildman–Crippen LogP) is 2.09. The van der Waals surface area contributed by atoms with Crippen LogP contribution in [-0.4, -0.2) is 19.0 Å². The molecule has 1 amide bonds. The molecule has 4 heteroatoms. The van der Waals surface area contributed by atoms with Gasteiger partial charge in [0.2, 0.25) is 5.91 Å². The zero-order valence-electron chi connectivity index (χ0n) is 11.1. The summed E-state index contributed by atoms with van der Waals surface area (Å²) in [7, 11) is 1.63. The van der Waals surface area contributed by atoms with Crippen molar-refractivity contribution in [2.45, 2.75) is 19.0 Å². The third kappa shape index (κ3) is 3.23. The van der Waals surface area contributed by atoms with E-state index in [0.717, 1.165) is 11.3 Å². The Morgan fingerprint density at radius 1 is 1.16 bits per heavy atom. The molecule has 0 saturated heterocycles. The van der Waals surface area contributed by atoms with Crippen LogP contribution in [0.3, 0.4) is 0 Å². The fourth-order valence-electron chi connectivity index (χ4n) is 1.99. The Bertz CT molecular complexity index is 508. The highest BCUT2D eigenvalue weighted by Gasteiger charge is 2.21. The van der Waals surface area contributed by atoms with Gasteiger partial charge in [0.25, 0.3) is 0 Å². The number of nitrogens with one attached hydrogen (secondary N) is 2. The SMILES string of the molecule is CNC(=O)C(C)NC(c1ccccc1)c1ccco1. The van der Waals surface area contributed by atoms with Gasteiger partial charge in [0.15, 0.2) is 0 Å². The van der Waals surface area contributed by atoms with Crippen molar-refractivity contribution in [3.63, 3.8) is 0 Å². The van der Waals surface area contributed by atoms with Gasteiger partial charge in [-0.1, -0.05) is 30.3 Å². The molecular formula is C15H18N2O2. The maximum absolute atomic E-state index is 11.6. The molecule has 0 aliphatic heterocycles. The van der Waals surface area contributed by atoms with Crippen molar-refractivity contribution >= 4 is 5.91 Å². The van der Waals surface area contributed by atoms with Crippen molar-refractivity contribution in [3.05, 3.63) is 60.1 Å². The Balaban J connectivity index is 2.24. The minimum absolute atomic E-state index is 0.0486. The summed E-state index contributed by atoms with van der Waals surface area (Å²) < 4.78 is 5.47. The number of likely N-dealkylation sites (N-methyl/N-ethyl adjacent to an activating group) is 1. The summed E-state index contributed by atoms with van der Waals surface area (Å²) >= 11 is 0. The number of furan rings is 1. The van der Waals surface area contributed by atoms with Gasteiger partial charge in [0, 0.05) is 7.05 Å². The third-order valence-corrected chi connectivity index (χ3v) is 3.02. The second-order valence-electron chi connectivity index (χ2n) is 4.36. The molecule has 2 rings (SSSR count). The van der Waals surface area contributed by atoms with Gasteiger partial charge in [0.05, 0.1) is 18.3 Å². The van der Waals surface area contributed by atoms with Crippen LogP contribution in [0.25, 0.3) is 0 Å². The van der Waals surface area contributed by atoms with E-state index in [-0.39, 0.29) is 18.0 Å². The minimum atomic E-state index is -0.305. The van der Waals surface area contributed by atoms with Gasteiger partial charge in [-0.05, 0) is 24.6 Å². The van der Waals surface area contributed by atoms with Gasteiger partial charge in [-0.25, -0.2) is 0 Å². The fraction of sp³-hybridized carbons (Fsp3) is 0.267. The van der Waals surface area contributed by atoms with E-state index in [2.05, 4.69) is 10.6 Å². The summed E-state index contributed by atoms with van der Waals surface area (Å²) in [6.07, 6.45) is 1.64. The highest BCUT2D eigenvalue weighted by Crippen LogP contribution is 2.22. The Kier molecular flexibility index (Phi) is 4.36. The fourth-order valence-corrected chi connectivity index (χ4v) is 1.99. The molecule has 1 heterocycles. The molecule has 2 unspecified atom stereocenters. The number of rotatable bonds is 5. The van der Waals surface area contributed by atoms with Crippen LogP contribution in [0.1, 0.15) is 24.3 Å². The molecule has 0 fully saturated rings. The van der Waals surface area contributed by atoms with Crippen LogP contribution in [-0.2, 0) is 4.79 Å². The molecular weight excluding hydrogens is 240 g/mol. The van der Waals surface area contributed by atoms with E-state index in [9.17, 15) is 4.79 Å². The van der Waals surface area contributed by atoms with E-state index in [1.807, 2.05) is 49.4 Å². The summed E-state index contributed by atoms with van der Waals surface area (Å²) in [6, 6.07) is 13.2. The molecule has 100 valence electrons. The second-order valence-corrected chi connectivity index (χ2v) is 4.36. The quantitative estimate of drug-likeness (QED) is 0.863. The predicted molar refractivity (Wildman–Crippen MR) is 73.7 cm³/mol. The van der Waals surface area contributed by atoms with Gasteiger partial charge in [0.1, 0.15) is 5.76 Å². The van der Waals surface area contributed by atoms with Crippen LogP contribution >= 0.6 is 0 Å². The Hall–Kier alpha value is -2.07. The van der Waals surface area contributed by atoms with Crippen molar-refractivity contribution in [2.24, 2.45) is 0 Å². The van der Waals surface area contributed by atoms with Crippen LogP contribution in [0.4, 0.5) is 0 Å². The standard InChI is InChI=1S/C15H18N2O2/c1-11(15(18)16-2)17-14(13-9-6-10-19-13)12-7-4-3-5-8-12/h3-11,14,17H,1-2H3,(H,16,18). The van der Waals surface area contributed by atoms with Gasteiger partial charge >= 0.3 is 0 Å². The number of hydrogen-bond donors (Lipinski definition) is 2. The first-order valence-corrected chi connectivity index (χ1v) is 6.28. The van der Waals surface area contributed by atoms with E-state index in [1.54, 1.807) is 13.3 Å². The summed E-state index contributed by atoms with van der Waals surface area (Å²) in [5.74, 6) is 0.745. The number of hydrogen-bond acceptors (Lipinski definition) is 3. The molecule has 2 N–H and O–H groups in total. The topological polar surface area (TPSA) is 54.3 Å². The Morgan fingerprint density at radius 2 is 1.89 bits per heavy atom. The molecule has 4 nitrogen and oxygen atoms in total. The second kappa shape index (κ2) is 6.20. The number of carbonyl (C=O) groups excluding carboxylic acids is 1. The van der Waals surface area contributed by atoms with E-state index >= 15 is 0 Å². The molecule has 0 spiro atoms. The highest BCUT2D eigenvalue weighted by atomic mass is 16.3. The molecule has 0 radical (unpaired) electrons. The van der Waals surface area contributed by atoms with E-state index < -0.39 is 0 Å². The first kappa shape index (κ1) is 13.4. The Morgan fingerprint density at radius 3 is 2.47 bits per heavy atom. The largest absolute Gasteiger partial charge is 0.467 e. The zero-order valence-corrected chi connectivity index (χ0v) is 11.1. The van der Waals surface area contributed by atoms with Crippen molar-refractivity contribution in [3.8, 4) is 0 Å². The first-order chi connectivity index (χ1) is 9.22. The van der Waals surface area contributed by atoms with Crippen LogP contribution in [0, 0.1) is 0 Å². The molecule has 19 heavy (non-hydrogen) atoms. The smallest absolute Gasteiger partial charge is 0.236 e. The van der Waals surface area contributed by atoms with E-state index in [4.69, 9.17) is 4.42 Å². The van der Waals surface area contributed by atoms with Crippen LogP contribution in [0.15, 0.2) is 53.1 Å². The van der Waals surface area contributed by atoms with Gasteiger partial charge in [-0.15, -0.1) is 0 Å². The lowest BCUT2D eigenvalue weighted by atomic mass is 10.0. The summed E-state index contributed by atoms with van der Waals surface area (Å²) in [5, 5.41) is 5.92. The normalized spacial score (nSPS) is 13.8. The van der Waals surface area contributed by atoms with Crippen LogP contribution in [0.2, 0.25) is 0 Å². The number of carbonyl (C=O) groups is 1. The van der Waals surface area contributed by atoms with Crippen molar-refractivity contribution in [1.29, 1.82) is 0 Å². The van der Waals surface area contributed by atoms with Gasteiger partial charge in [-0.2, -0.15) is 0 Å². The van der Waals surface area contributed by atoms with Gasteiger partial charge in [-0.3, -0.25) is 10.1 Å². The molecule has 0 saturated carbocycles. The molecule has 0 aliphatic carbocycles. The lowest BCUT2D eigenvalue weighted by Crippen LogP contribution is -2.42. The summed E-state index contributed by atoms with van der Waals surface area (Å²) in [5.41, 5.74) is 1.06. The monoisotopic (exact) mass is 258 g/mol. The van der Waals surface area contributed by atoms with Crippen LogP contribution in [0.5, 0.6) is 0 Å². The van der Waals surface area contributed by atoms with E-state index in [0.29, 0.717) is 0 Å². The molecule has 0 bridgehead atoms. The van der Waals surface area contributed by atoms with Crippen molar-refractivity contribution < 1.29 is 9.21 Å². The Labute approximate surface area is 112 Å². The minimum Gasteiger partial charge on any atom is -0.467 e. The summed E-state index contributed by atoms with van der Waals surface area (Å²) in [6.45, 7) is 1.83. The van der Waals surface area contributed by atoms with Crippen LogP contribution < -0.4 is 10.6 Å². The maximum Gasteiger partial charge on any atom is 0.236 e. The molecule has 1 aromatic heterocycles. The molecule has 2 atom stereocenters. The summed E-state index contributed by atoms with van der Waals surface area (Å²) in [4.78, 5) is 11.6. The molecule has 2 aromatic rings. The van der Waals surface area contributed by atoms with E-state index in [1.165, 1.54) is 0 Å². The lowest BCUT2D eigenvalue weighted by Gasteiger charge is -2.21. The average molecular weight is 258 g/mol. The lowest BCUT2D eigenvalue weighted by molar-refractivity contribution is -0.122. The third-order valence-electron chi connectivity index (χ3n) is 3.02. The van der Waals surface area contributed by atoms with Gasteiger partial charge < -0.3 is 9.73 Å². The molecule has 1 aromatic carbocycles. The molecule has 0 aliphatic rings. The first-order valence-electron chi connectivity index (χ1n) is 6.28. The number of benzene rings is 1. The number of amides is 1.